The Kier molecular flexibility index (Phi) is 5.03. The van der Waals surface area contributed by atoms with Gasteiger partial charge in [-0.1, -0.05) is 13.3 Å². The Balaban J connectivity index is 2.42. The van der Waals surface area contributed by atoms with Crippen LogP contribution in [0.4, 0.5) is 0 Å². The molecule has 0 aromatic rings. The Bertz CT molecular complexity index is 176. The number of nitrogens with zero attached hydrogens (tertiary/aromatic N) is 1. The quantitative estimate of drug-likeness (QED) is 0.634. The van der Waals surface area contributed by atoms with E-state index in [1.165, 1.54) is 25.7 Å². The van der Waals surface area contributed by atoms with E-state index in [1.54, 1.807) is 0 Å². The zero-order valence-corrected chi connectivity index (χ0v) is 10.4. The fraction of sp³-hybridized carbons (Fsp3) is 1.00. The van der Waals surface area contributed by atoms with Gasteiger partial charge in [-0.2, -0.15) is 0 Å². The molecule has 0 aliphatic heterocycles. The first-order chi connectivity index (χ1) is 7.18. The van der Waals surface area contributed by atoms with E-state index in [0.29, 0.717) is 5.92 Å². The standard InChI is InChI=1S/C12H26N2O/c1-4-5-8-14(3)9-12(10-15,13-2)11-6-7-11/h11,13,15H,4-10H2,1-3H3. The molecule has 1 saturated carbocycles. The van der Waals surface area contributed by atoms with Crippen LogP contribution in [0.15, 0.2) is 0 Å². The van der Waals surface area contributed by atoms with Crippen molar-refractivity contribution in [1.82, 2.24) is 10.2 Å². The van der Waals surface area contributed by atoms with Crippen molar-refractivity contribution in [2.75, 3.05) is 33.8 Å². The van der Waals surface area contributed by atoms with E-state index in [9.17, 15) is 5.11 Å². The summed E-state index contributed by atoms with van der Waals surface area (Å²) in [6.45, 7) is 4.56. The second kappa shape index (κ2) is 5.83. The molecule has 0 amide bonds. The Labute approximate surface area is 93.9 Å². The van der Waals surface area contributed by atoms with Crippen LogP contribution in [0.2, 0.25) is 0 Å². The van der Waals surface area contributed by atoms with Crippen LogP contribution >= 0.6 is 0 Å². The van der Waals surface area contributed by atoms with Gasteiger partial charge in [0.15, 0.2) is 0 Å². The zero-order chi connectivity index (χ0) is 11.3. The van der Waals surface area contributed by atoms with E-state index in [2.05, 4.69) is 24.2 Å². The first-order valence-corrected chi connectivity index (χ1v) is 6.17. The molecule has 0 radical (unpaired) electrons. The molecule has 0 bridgehead atoms. The molecule has 1 atom stereocenters. The lowest BCUT2D eigenvalue weighted by Crippen LogP contribution is -2.56. The fourth-order valence-electron chi connectivity index (χ4n) is 2.30. The minimum Gasteiger partial charge on any atom is -0.394 e. The first-order valence-electron chi connectivity index (χ1n) is 6.17. The van der Waals surface area contributed by atoms with Gasteiger partial charge in [-0.15, -0.1) is 0 Å². The summed E-state index contributed by atoms with van der Waals surface area (Å²) in [7, 11) is 4.13. The van der Waals surface area contributed by atoms with Gasteiger partial charge in [0.25, 0.3) is 0 Å². The van der Waals surface area contributed by atoms with Crippen molar-refractivity contribution in [3.63, 3.8) is 0 Å². The van der Waals surface area contributed by atoms with Crippen LogP contribution in [0, 0.1) is 5.92 Å². The molecular formula is C12H26N2O. The maximum absolute atomic E-state index is 9.57. The number of unbranched alkanes of at least 4 members (excludes halogenated alkanes) is 1. The summed E-state index contributed by atoms with van der Waals surface area (Å²) in [5.74, 6) is 0.677. The molecule has 1 fully saturated rings. The third-order valence-electron chi connectivity index (χ3n) is 3.58. The molecule has 3 nitrogen and oxygen atoms in total. The zero-order valence-electron chi connectivity index (χ0n) is 10.4. The molecule has 0 aromatic heterocycles. The molecule has 1 rings (SSSR count). The molecule has 0 spiro atoms. The van der Waals surface area contributed by atoms with Crippen molar-refractivity contribution in [2.24, 2.45) is 5.92 Å². The average Bonchev–Trinajstić information content (AvgIpc) is 3.07. The predicted molar refractivity (Wildman–Crippen MR) is 64.0 cm³/mol. The van der Waals surface area contributed by atoms with E-state index in [-0.39, 0.29) is 12.1 Å². The van der Waals surface area contributed by atoms with Crippen molar-refractivity contribution in [3.05, 3.63) is 0 Å². The number of hydrogen-bond acceptors (Lipinski definition) is 3. The van der Waals surface area contributed by atoms with Gasteiger partial charge >= 0.3 is 0 Å². The minimum absolute atomic E-state index is 0.0531. The molecule has 1 aliphatic rings. The highest BCUT2D eigenvalue weighted by Crippen LogP contribution is 2.39. The Morgan fingerprint density at radius 2 is 2.13 bits per heavy atom. The van der Waals surface area contributed by atoms with Crippen LogP contribution in [0.5, 0.6) is 0 Å². The summed E-state index contributed by atoms with van der Waals surface area (Å²) in [6.07, 6.45) is 5.01. The second-order valence-electron chi connectivity index (χ2n) is 4.93. The molecule has 2 N–H and O–H groups in total. The van der Waals surface area contributed by atoms with Crippen LogP contribution in [0.25, 0.3) is 0 Å². The van der Waals surface area contributed by atoms with Crippen LogP contribution in [-0.4, -0.2) is 49.3 Å². The Hall–Kier alpha value is -0.120. The second-order valence-corrected chi connectivity index (χ2v) is 4.93. The lowest BCUT2D eigenvalue weighted by Gasteiger charge is -2.36. The monoisotopic (exact) mass is 214 g/mol. The van der Waals surface area contributed by atoms with Crippen molar-refractivity contribution < 1.29 is 5.11 Å². The Morgan fingerprint density at radius 3 is 2.53 bits per heavy atom. The predicted octanol–water partition coefficient (Wildman–Crippen LogP) is 1.08. The smallest absolute Gasteiger partial charge is 0.0628 e. The van der Waals surface area contributed by atoms with Gasteiger partial charge in [-0.25, -0.2) is 0 Å². The minimum atomic E-state index is -0.0531. The molecule has 1 aliphatic carbocycles. The van der Waals surface area contributed by atoms with Crippen molar-refractivity contribution >= 4 is 0 Å². The number of aliphatic hydroxyl groups excluding tert-OH is 1. The highest BCUT2D eigenvalue weighted by molar-refractivity contribution is 5.01. The lowest BCUT2D eigenvalue weighted by molar-refractivity contribution is 0.107. The highest BCUT2D eigenvalue weighted by Gasteiger charge is 2.44. The maximum Gasteiger partial charge on any atom is 0.0628 e. The molecule has 1 unspecified atom stereocenters. The van der Waals surface area contributed by atoms with Crippen molar-refractivity contribution in [3.8, 4) is 0 Å². The molecule has 0 saturated heterocycles. The number of likely N-dealkylation sites (N-methyl/N-ethyl adjacent to an activating group) is 2. The molecule has 3 heteroatoms. The summed E-state index contributed by atoms with van der Waals surface area (Å²) >= 11 is 0. The summed E-state index contributed by atoms with van der Waals surface area (Å²) in [5.41, 5.74) is -0.0531. The SMILES string of the molecule is CCCCN(C)CC(CO)(NC)C1CC1. The van der Waals surface area contributed by atoms with E-state index in [4.69, 9.17) is 0 Å². The number of rotatable bonds is 8. The van der Waals surface area contributed by atoms with E-state index in [0.717, 1.165) is 13.1 Å². The largest absolute Gasteiger partial charge is 0.394 e. The third-order valence-corrected chi connectivity index (χ3v) is 3.58. The normalized spacial score (nSPS) is 20.6. The summed E-state index contributed by atoms with van der Waals surface area (Å²) in [5, 5.41) is 12.9. The van der Waals surface area contributed by atoms with Gasteiger partial charge in [0, 0.05) is 6.54 Å². The average molecular weight is 214 g/mol. The van der Waals surface area contributed by atoms with Crippen LogP contribution in [0.1, 0.15) is 32.6 Å². The maximum atomic E-state index is 9.57. The Morgan fingerprint density at radius 1 is 1.47 bits per heavy atom. The van der Waals surface area contributed by atoms with Gasteiger partial charge in [-0.05, 0) is 45.8 Å². The molecule has 0 aromatic carbocycles. The van der Waals surface area contributed by atoms with Crippen LogP contribution in [-0.2, 0) is 0 Å². The van der Waals surface area contributed by atoms with E-state index >= 15 is 0 Å². The number of nitrogens with one attached hydrogen (secondary N) is 1. The fourth-order valence-corrected chi connectivity index (χ4v) is 2.30. The van der Waals surface area contributed by atoms with E-state index < -0.39 is 0 Å². The molecule has 15 heavy (non-hydrogen) atoms. The van der Waals surface area contributed by atoms with E-state index in [1.807, 2.05) is 7.05 Å². The number of aliphatic hydroxyl groups is 1. The van der Waals surface area contributed by atoms with Gasteiger partial charge < -0.3 is 15.3 Å². The lowest BCUT2D eigenvalue weighted by atomic mass is 9.93. The van der Waals surface area contributed by atoms with Gasteiger partial charge in [0.05, 0.1) is 12.1 Å². The molecule has 90 valence electrons. The first kappa shape index (κ1) is 12.9. The topological polar surface area (TPSA) is 35.5 Å². The third kappa shape index (κ3) is 3.44. The van der Waals surface area contributed by atoms with Crippen molar-refractivity contribution in [2.45, 2.75) is 38.1 Å². The van der Waals surface area contributed by atoms with Crippen molar-refractivity contribution in [1.29, 1.82) is 0 Å². The summed E-state index contributed by atoms with van der Waals surface area (Å²) in [4.78, 5) is 2.34. The molecule has 0 heterocycles. The summed E-state index contributed by atoms with van der Waals surface area (Å²) in [6, 6.07) is 0. The van der Waals surface area contributed by atoms with Crippen LogP contribution in [0.3, 0.4) is 0 Å². The summed E-state index contributed by atoms with van der Waals surface area (Å²) < 4.78 is 0. The highest BCUT2D eigenvalue weighted by atomic mass is 16.3. The van der Waals surface area contributed by atoms with Crippen LogP contribution < -0.4 is 5.32 Å². The van der Waals surface area contributed by atoms with Gasteiger partial charge in [0.2, 0.25) is 0 Å². The van der Waals surface area contributed by atoms with Gasteiger partial charge in [-0.3, -0.25) is 0 Å². The molecular weight excluding hydrogens is 188 g/mol. The number of hydrogen-bond donors (Lipinski definition) is 2. The van der Waals surface area contributed by atoms with Gasteiger partial charge in [0.1, 0.15) is 0 Å².